The fraction of sp³-hybridized carbons (Fsp3) is 0.0769. The van der Waals surface area contributed by atoms with Gasteiger partial charge in [0.05, 0.1) is 10.0 Å². The number of para-hydroxylation sites is 1. The monoisotopic (exact) mass is 305 g/mol. The van der Waals surface area contributed by atoms with Gasteiger partial charge in [-0.25, -0.2) is 4.98 Å². The molecule has 5 heteroatoms. The average molecular weight is 306 g/mol. The van der Waals surface area contributed by atoms with Crippen molar-refractivity contribution >= 4 is 33.3 Å². The molecule has 2 aromatic rings. The fourth-order valence-corrected chi connectivity index (χ4v) is 1.91. The van der Waals surface area contributed by atoms with Gasteiger partial charge in [-0.05, 0) is 40.2 Å². The first-order valence-corrected chi connectivity index (χ1v) is 6.20. The van der Waals surface area contributed by atoms with Gasteiger partial charge in [-0.15, -0.1) is 0 Å². The minimum absolute atomic E-state index is 0.195. The van der Waals surface area contributed by atoms with Gasteiger partial charge in [-0.2, -0.15) is 0 Å². The molecule has 18 heavy (non-hydrogen) atoms. The topological polar surface area (TPSA) is 54.0 Å². The Kier molecular flexibility index (Phi) is 3.94. The highest BCUT2D eigenvalue weighted by Gasteiger charge is 2.11. The van der Waals surface area contributed by atoms with Crippen LogP contribution < -0.4 is 10.6 Å². The highest BCUT2D eigenvalue weighted by atomic mass is 79.9. The van der Waals surface area contributed by atoms with Gasteiger partial charge in [0, 0.05) is 18.9 Å². The van der Waals surface area contributed by atoms with Gasteiger partial charge >= 0.3 is 0 Å². The minimum atomic E-state index is -0.195. The van der Waals surface area contributed by atoms with E-state index < -0.39 is 0 Å². The third kappa shape index (κ3) is 2.68. The van der Waals surface area contributed by atoms with Crippen molar-refractivity contribution in [2.45, 2.75) is 0 Å². The molecule has 0 aliphatic heterocycles. The first-order valence-electron chi connectivity index (χ1n) is 5.41. The molecule has 4 nitrogen and oxygen atoms in total. The van der Waals surface area contributed by atoms with E-state index in [-0.39, 0.29) is 5.91 Å². The van der Waals surface area contributed by atoms with Crippen LogP contribution in [0, 0.1) is 0 Å². The molecule has 0 fully saturated rings. The normalized spacial score (nSPS) is 9.89. The summed E-state index contributed by atoms with van der Waals surface area (Å²) in [6.45, 7) is 0. The second-order valence-electron chi connectivity index (χ2n) is 3.58. The zero-order valence-electron chi connectivity index (χ0n) is 9.77. The first-order chi connectivity index (χ1) is 8.72. The van der Waals surface area contributed by atoms with Crippen molar-refractivity contribution in [2.75, 3.05) is 17.7 Å². The van der Waals surface area contributed by atoms with E-state index in [0.717, 1.165) is 10.2 Å². The van der Waals surface area contributed by atoms with E-state index >= 15 is 0 Å². The van der Waals surface area contributed by atoms with Crippen LogP contribution in [0.2, 0.25) is 0 Å². The summed E-state index contributed by atoms with van der Waals surface area (Å²) in [7, 11) is 1.78. The second kappa shape index (κ2) is 5.64. The standard InChI is InChI=1S/C13H12BrN3O/c1-15-11-7-3-2-5-9(11)13(18)17-12-10(14)6-4-8-16-12/h2-8,15H,1H3,(H,16,17,18). The van der Waals surface area contributed by atoms with Crippen LogP contribution in [0.15, 0.2) is 47.1 Å². The lowest BCUT2D eigenvalue weighted by Crippen LogP contribution is -2.15. The number of hydrogen-bond acceptors (Lipinski definition) is 3. The van der Waals surface area contributed by atoms with Gasteiger partial charge in [0.2, 0.25) is 0 Å². The molecule has 1 heterocycles. The predicted molar refractivity (Wildman–Crippen MR) is 75.9 cm³/mol. The van der Waals surface area contributed by atoms with E-state index in [4.69, 9.17) is 0 Å². The maximum Gasteiger partial charge on any atom is 0.258 e. The lowest BCUT2D eigenvalue weighted by molar-refractivity contribution is 0.102. The Balaban J connectivity index is 2.25. The Bertz CT molecular complexity index is 572. The van der Waals surface area contributed by atoms with E-state index in [1.807, 2.05) is 24.3 Å². The molecule has 92 valence electrons. The number of amides is 1. The van der Waals surface area contributed by atoms with Gasteiger partial charge < -0.3 is 10.6 Å². The molecule has 1 aromatic heterocycles. The number of rotatable bonds is 3. The highest BCUT2D eigenvalue weighted by Crippen LogP contribution is 2.21. The molecule has 0 radical (unpaired) electrons. The molecule has 1 amide bonds. The van der Waals surface area contributed by atoms with Crippen molar-refractivity contribution in [2.24, 2.45) is 0 Å². The number of nitrogens with zero attached hydrogens (tertiary/aromatic N) is 1. The van der Waals surface area contributed by atoms with Gasteiger partial charge in [0.15, 0.2) is 0 Å². The lowest BCUT2D eigenvalue weighted by atomic mass is 10.1. The Hall–Kier alpha value is -1.88. The van der Waals surface area contributed by atoms with Crippen molar-refractivity contribution < 1.29 is 4.79 Å². The molecular weight excluding hydrogens is 294 g/mol. The summed E-state index contributed by atoms with van der Waals surface area (Å²) in [6.07, 6.45) is 1.63. The summed E-state index contributed by atoms with van der Waals surface area (Å²) in [5.41, 5.74) is 1.36. The first kappa shape index (κ1) is 12.6. The lowest BCUT2D eigenvalue weighted by Gasteiger charge is -2.09. The summed E-state index contributed by atoms with van der Waals surface area (Å²) < 4.78 is 0.750. The van der Waals surface area contributed by atoms with E-state index in [1.165, 1.54) is 0 Å². The zero-order valence-corrected chi connectivity index (χ0v) is 11.4. The molecule has 0 aliphatic rings. The maximum atomic E-state index is 12.1. The van der Waals surface area contributed by atoms with Crippen molar-refractivity contribution in [3.8, 4) is 0 Å². The van der Waals surface area contributed by atoms with Crippen LogP contribution in [-0.2, 0) is 0 Å². The molecule has 0 spiro atoms. The zero-order chi connectivity index (χ0) is 13.0. The van der Waals surface area contributed by atoms with E-state index in [1.54, 1.807) is 25.4 Å². The van der Waals surface area contributed by atoms with Gasteiger partial charge in [-0.1, -0.05) is 12.1 Å². The van der Waals surface area contributed by atoms with Crippen LogP contribution >= 0.6 is 15.9 Å². The molecule has 1 aromatic carbocycles. The average Bonchev–Trinajstić information content (AvgIpc) is 2.41. The van der Waals surface area contributed by atoms with Crippen LogP contribution in [0.3, 0.4) is 0 Å². The number of benzene rings is 1. The van der Waals surface area contributed by atoms with Crippen LogP contribution in [0.25, 0.3) is 0 Å². The SMILES string of the molecule is CNc1ccccc1C(=O)Nc1ncccc1Br. The maximum absolute atomic E-state index is 12.1. The smallest absolute Gasteiger partial charge is 0.258 e. The molecule has 2 N–H and O–H groups in total. The molecule has 0 saturated heterocycles. The van der Waals surface area contributed by atoms with Crippen molar-refractivity contribution in [3.05, 3.63) is 52.6 Å². The minimum Gasteiger partial charge on any atom is -0.387 e. The number of carbonyl (C=O) groups is 1. The highest BCUT2D eigenvalue weighted by molar-refractivity contribution is 9.10. The van der Waals surface area contributed by atoms with Crippen LogP contribution in [0.4, 0.5) is 11.5 Å². The summed E-state index contributed by atoms with van der Waals surface area (Å²) in [5.74, 6) is 0.313. The van der Waals surface area contributed by atoms with Crippen molar-refractivity contribution in [3.63, 3.8) is 0 Å². The summed E-state index contributed by atoms with van der Waals surface area (Å²) in [4.78, 5) is 16.2. The summed E-state index contributed by atoms with van der Waals surface area (Å²) in [5, 5.41) is 5.75. The molecular formula is C13H12BrN3O. The molecule has 0 atom stereocenters. The Morgan fingerprint density at radius 1 is 1.22 bits per heavy atom. The third-order valence-electron chi connectivity index (χ3n) is 2.43. The summed E-state index contributed by atoms with van der Waals surface area (Å²) >= 11 is 3.34. The van der Waals surface area contributed by atoms with Gasteiger partial charge in [0.1, 0.15) is 5.82 Å². The number of halogens is 1. The second-order valence-corrected chi connectivity index (χ2v) is 4.44. The molecule has 0 aliphatic carbocycles. The fourth-order valence-electron chi connectivity index (χ4n) is 1.55. The number of hydrogen-bond donors (Lipinski definition) is 2. The Labute approximate surface area is 114 Å². The van der Waals surface area contributed by atoms with Gasteiger partial charge in [0.25, 0.3) is 5.91 Å². The Morgan fingerprint density at radius 3 is 2.72 bits per heavy atom. The van der Waals surface area contributed by atoms with Gasteiger partial charge in [-0.3, -0.25) is 4.79 Å². The van der Waals surface area contributed by atoms with Crippen LogP contribution in [0.1, 0.15) is 10.4 Å². The number of anilines is 2. The predicted octanol–water partition coefficient (Wildman–Crippen LogP) is 3.14. The summed E-state index contributed by atoms with van der Waals surface area (Å²) in [6, 6.07) is 10.9. The third-order valence-corrected chi connectivity index (χ3v) is 3.07. The molecule has 2 rings (SSSR count). The number of carbonyl (C=O) groups excluding carboxylic acids is 1. The number of nitrogens with one attached hydrogen (secondary N) is 2. The Morgan fingerprint density at radius 2 is 2.00 bits per heavy atom. The quantitative estimate of drug-likeness (QED) is 0.916. The van der Waals surface area contributed by atoms with Crippen LogP contribution in [-0.4, -0.2) is 17.9 Å². The molecule has 0 bridgehead atoms. The van der Waals surface area contributed by atoms with Crippen molar-refractivity contribution in [1.29, 1.82) is 0 Å². The van der Waals surface area contributed by atoms with E-state index in [9.17, 15) is 4.79 Å². The van der Waals surface area contributed by atoms with Crippen molar-refractivity contribution in [1.82, 2.24) is 4.98 Å². The van der Waals surface area contributed by atoms with Crippen LogP contribution in [0.5, 0.6) is 0 Å². The largest absolute Gasteiger partial charge is 0.387 e. The van der Waals surface area contributed by atoms with E-state index in [2.05, 4.69) is 31.5 Å². The number of pyridine rings is 1. The molecule has 0 unspecified atom stereocenters. The van der Waals surface area contributed by atoms with E-state index in [0.29, 0.717) is 11.4 Å². The number of aromatic nitrogens is 1. The molecule has 0 saturated carbocycles.